The van der Waals surface area contributed by atoms with Crippen molar-refractivity contribution in [3.63, 3.8) is 0 Å². The smallest absolute Gasteiger partial charge is 0.407 e. The number of hydrogen-bond acceptors (Lipinski definition) is 2. The molecule has 0 radical (unpaired) electrons. The molecule has 0 aliphatic carbocycles. The second kappa shape index (κ2) is 5.32. The van der Waals surface area contributed by atoms with E-state index in [0.717, 1.165) is 6.42 Å². The quantitative estimate of drug-likeness (QED) is 0.723. The van der Waals surface area contributed by atoms with Gasteiger partial charge in [-0.1, -0.05) is 6.92 Å². The zero-order valence-electron chi connectivity index (χ0n) is 8.69. The van der Waals surface area contributed by atoms with Crippen LogP contribution >= 0.6 is 11.6 Å². The molecule has 0 aromatic heterocycles. The van der Waals surface area contributed by atoms with Gasteiger partial charge in [-0.2, -0.15) is 0 Å². The molecule has 0 heterocycles. The van der Waals surface area contributed by atoms with E-state index in [1.54, 1.807) is 0 Å². The molecular formula is C9H18ClNO2. The SMILES string of the molecule is CCC(CCl)NC(=O)OC(C)(C)C. The van der Waals surface area contributed by atoms with Crippen LogP contribution in [-0.4, -0.2) is 23.6 Å². The Morgan fingerprint density at radius 2 is 2.08 bits per heavy atom. The Hall–Kier alpha value is -0.440. The fourth-order valence-electron chi connectivity index (χ4n) is 0.724. The summed E-state index contributed by atoms with van der Waals surface area (Å²) >= 11 is 5.61. The number of alkyl carbamates (subject to hydrolysis) is 1. The summed E-state index contributed by atoms with van der Waals surface area (Å²) in [6.45, 7) is 7.45. The third kappa shape index (κ3) is 6.70. The van der Waals surface area contributed by atoms with E-state index in [9.17, 15) is 4.79 Å². The van der Waals surface area contributed by atoms with Gasteiger partial charge in [-0.15, -0.1) is 11.6 Å². The molecule has 0 bridgehead atoms. The number of alkyl halides is 1. The number of carbonyl (C=O) groups excluding carboxylic acids is 1. The number of amides is 1. The van der Waals surface area contributed by atoms with Crippen LogP contribution in [0.15, 0.2) is 0 Å². The molecule has 0 saturated heterocycles. The van der Waals surface area contributed by atoms with Crippen LogP contribution in [-0.2, 0) is 4.74 Å². The van der Waals surface area contributed by atoms with E-state index in [-0.39, 0.29) is 6.04 Å². The second-order valence-corrected chi connectivity index (χ2v) is 4.21. The lowest BCUT2D eigenvalue weighted by molar-refractivity contribution is 0.0508. The Morgan fingerprint density at radius 3 is 2.38 bits per heavy atom. The van der Waals surface area contributed by atoms with E-state index < -0.39 is 11.7 Å². The standard InChI is InChI=1S/C9H18ClNO2/c1-5-7(6-10)11-8(12)13-9(2,3)4/h7H,5-6H2,1-4H3,(H,11,12). The van der Waals surface area contributed by atoms with Crippen LogP contribution in [0, 0.1) is 0 Å². The minimum absolute atomic E-state index is 0.00323. The Balaban J connectivity index is 3.86. The lowest BCUT2D eigenvalue weighted by Gasteiger charge is -2.22. The van der Waals surface area contributed by atoms with Crippen LogP contribution in [0.4, 0.5) is 4.79 Å². The molecule has 4 heteroatoms. The van der Waals surface area contributed by atoms with Crippen molar-refractivity contribution in [2.75, 3.05) is 5.88 Å². The first-order valence-electron chi connectivity index (χ1n) is 4.44. The summed E-state index contributed by atoms with van der Waals surface area (Å²) in [4.78, 5) is 11.2. The average molecular weight is 208 g/mol. The average Bonchev–Trinajstić information content (AvgIpc) is 1.96. The van der Waals surface area contributed by atoms with Gasteiger partial charge in [0.1, 0.15) is 5.60 Å². The summed E-state index contributed by atoms with van der Waals surface area (Å²) in [6, 6.07) is -0.00323. The lowest BCUT2D eigenvalue weighted by Crippen LogP contribution is -2.39. The van der Waals surface area contributed by atoms with Gasteiger partial charge in [0.15, 0.2) is 0 Å². The zero-order valence-corrected chi connectivity index (χ0v) is 9.44. The molecule has 0 rings (SSSR count). The maximum atomic E-state index is 11.2. The molecule has 0 spiro atoms. The number of halogens is 1. The Kier molecular flexibility index (Phi) is 5.14. The van der Waals surface area contributed by atoms with E-state index in [4.69, 9.17) is 16.3 Å². The first kappa shape index (κ1) is 12.6. The molecule has 0 fully saturated rings. The highest BCUT2D eigenvalue weighted by atomic mass is 35.5. The molecule has 1 atom stereocenters. The number of ether oxygens (including phenoxy) is 1. The predicted molar refractivity (Wildman–Crippen MR) is 54.2 cm³/mol. The Bertz CT molecular complexity index is 161. The second-order valence-electron chi connectivity index (χ2n) is 3.91. The third-order valence-electron chi connectivity index (χ3n) is 1.40. The minimum Gasteiger partial charge on any atom is -0.444 e. The normalized spacial score (nSPS) is 13.6. The van der Waals surface area contributed by atoms with Crippen molar-refractivity contribution in [2.24, 2.45) is 0 Å². The van der Waals surface area contributed by atoms with Gasteiger partial charge in [-0.3, -0.25) is 0 Å². The fraction of sp³-hybridized carbons (Fsp3) is 0.889. The molecule has 3 nitrogen and oxygen atoms in total. The van der Waals surface area contributed by atoms with Gasteiger partial charge in [0.2, 0.25) is 0 Å². The van der Waals surface area contributed by atoms with E-state index >= 15 is 0 Å². The minimum atomic E-state index is -0.450. The van der Waals surface area contributed by atoms with Crippen molar-refractivity contribution < 1.29 is 9.53 Å². The van der Waals surface area contributed by atoms with E-state index in [1.165, 1.54) is 0 Å². The Labute approximate surface area is 84.8 Å². The lowest BCUT2D eigenvalue weighted by atomic mass is 10.2. The van der Waals surface area contributed by atoms with Crippen LogP contribution in [0.3, 0.4) is 0 Å². The summed E-state index contributed by atoms with van der Waals surface area (Å²) in [5.74, 6) is 0.412. The van der Waals surface area contributed by atoms with Crippen molar-refractivity contribution in [1.82, 2.24) is 5.32 Å². The van der Waals surface area contributed by atoms with Gasteiger partial charge in [0.05, 0.1) is 0 Å². The number of rotatable bonds is 3. The molecule has 0 aromatic rings. The van der Waals surface area contributed by atoms with E-state index in [2.05, 4.69) is 5.32 Å². The van der Waals surface area contributed by atoms with Crippen LogP contribution in [0.1, 0.15) is 34.1 Å². The largest absolute Gasteiger partial charge is 0.444 e. The first-order valence-corrected chi connectivity index (χ1v) is 4.98. The van der Waals surface area contributed by atoms with Crippen molar-refractivity contribution in [1.29, 1.82) is 0 Å². The summed E-state index contributed by atoms with van der Waals surface area (Å²) in [5, 5.41) is 2.68. The highest BCUT2D eigenvalue weighted by Crippen LogP contribution is 2.07. The highest BCUT2D eigenvalue weighted by Gasteiger charge is 2.17. The summed E-state index contributed by atoms with van der Waals surface area (Å²) in [5.41, 5.74) is -0.450. The molecule has 1 amide bonds. The Morgan fingerprint density at radius 1 is 1.54 bits per heavy atom. The molecule has 78 valence electrons. The first-order chi connectivity index (χ1) is 5.89. The molecule has 1 unspecified atom stereocenters. The highest BCUT2D eigenvalue weighted by molar-refractivity contribution is 6.18. The summed E-state index contributed by atoms with van der Waals surface area (Å²) in [6.07, 6.45) is 0.405. The third-order valence-corrected chi connectivity index (χ3v) is 1.77. The molecule has 0 aliphatic heterocycles. The van der Waals surface area contributed by atoms with Crippen LogP contribution in [0.2, 0.25) is 0 Å². The zero-order chi connectivity index (χ0) is 10.5. The predicted octanol–water partition coefficient (Wildman–Crippen LogP) is 2.53. The number of nitrogens with one attached hydrogen (secondary N) is 1. The van der Waals surface area contributed by atoms with Gasteiger partial charge in [0, 0.05) is 11.9 Å². The molecule has 0 aliphatic rings. The van der Waals surface area contributed by atoms with Crippen molar-refractivity contribution >= 4 is 17.7 Å². The van der Waals surface area contributed by atoms with Crippen LogP contribution < -0.4 is 5.32 Å². The van der Waals surface area contributed by atoms with Crippen molar-refractivity contribution in [3.8, 4) is 0 Å². The number of hydrogen-bond donors (Lipinski definition) is 1. The van der Waals surface area contributed by atoms with Gasteiger partial charge in [0.25, 0.3) is 0 Å². The van der Waals surface area contributed by atoms with E-state index in [1.807, 2.05) is 27.7 Å². The van der Waals surface area contributed by atoms with Crippen molar-refractivity contribution in [3.05, 3.63) is 0 Å². The topological polar surface area (TPSA) is 38.3 Å². The molecule has 0 saturated carbocycles. The molecule has 0 aromatic carbocycles. The van der Waals surface area contributed by atoms with Gasteiger partial charge in [-0.05, 0) is 27.2 Å². The maximum absolute atomic E-state index is 11.2. The van der Waals surface area contributed by atoms with Gasteiger partial charge < -0.3 is 10.1 Å². The van der Waals surface area contributed by atoms with Gasteiger partial charge in [-0.25, -0.2) is 4.79 Å². The number of carbonyl (C=O) groups is 1. The summed E-state index contributed by atoms with van der Waals surface area (Å²) < 4.78 is 5.06. The van der Waals surface area contributed by atoms with Gasteiger partial charge >= 0.3 is 6.09 Å². The monoisotopic (exact) mass is 207 g/mol. The van der Waals surface area contributed by atoms with E-state index in [0.29, 0.717) is 5.88 Å². The summed E-state index contributed by atoms with van der Waals surface area (Å²) in [7, 11) is 0. The maximum Gasteiger partial charge on any atom is 0.407 e. The van der Waals surface area contributed by atoms with Crippen LogP contribution in [0.5, 0.6) is 0 Å². The molecular weight excluding hydrogens is 190 g/mol. The van der Waals surface area contributed by atoms with Crippen LogP contribution in [0.25, 0.3) is 0 Å². The fourth-order valence-corrected chi connectivity index (χ4v) is 1.02. The molecule has 13 heavy (non-hydrogen) atoms. The van der Waals surface area contributed by atoms with Crippen molar-refractivity contribution in [2.45, 2.75) is 45.8 Å². The molecule has 1 N–H and O–H groups in total.